The largest absolute Gasteiger partial charge is 0.389 e. The van der Waals surface area contributed by atoms with Gasteiger partial charge < -0.3 is 25.4 Å². The minimum Gasteiger partial charge on any atom is -0.389 e. The highest BCUT2D eigenvalue weighted by Gasteiger charge is 2.75. The van der Waals surface area contributed by atoms with Gasteiger partial charge in [0.05, 0.1) is 42.3 Å². The predicted molar refractivity (Wildman–Crippen MR) is 126 cm³/mol. The van der Waals surface area contributed by atoms with E-state index >= 15 is 0 Å². The van der Waals surface area contributed by atoms with Crippen LogP contribution in [0.3, 0.4) is 0 Å². The second-order valence-corrected chi connectivity index (χ2v) is 9.14. The van der Waals surface area contributed by atoms with Gasteiger partial charge in [0, 0.05) is 30.9 Å². The predicted octanol–water partition coefficient (Wildman–Crippen LogP) is 1.06. The normalized spacial score (nSPS) is 26.6. The molecular formula is C24H23FN8O3. The second-order valence-electron chi connectivity index (χ2n) is 9.14. The molecule has 4 aromatic rings. The third-order valence-corrected chi connectivity index (χ3v) is 7.19. The Kier molecular flexibility index (Phi) is 5.16. The first-order valence-electron chi connectivity index (χ1n) is 11.5. The Bertz CT molecular complexity index is 1460. The number of carbonyl (C=O) groups is 1. The average Bonchev–Trinajstić information content (AvgIpc) is 3.43. The Balaban J connectivity index is 1.45. The van der Waals surface area contributed by atoms with Gasteiger partial charge in [0.1, 0.15) is 17.4 Å². The van der Waals surface area contributed by atoms with Crippen molar-refractivity contribution < 1.29 is 19.4 Å². The van der Waals surface area contributed by atoms with Gasteiger partial charge >= 0.3 is 0 Å². The third-order valence-electron chi connectivity index (χ3n) is 7.19. The first-order valence-corrected chi connectivity index (χ1v) is 11.5. The van der Waals surface area contributed by atoms with E-state index in [1.807, 2.05) is 18.2 Å². The second kappa shape index (κ2) is 8.28. The first kappa shape index (κ1) is 22.4. The van der Waals surface area contributed by atoms with Crippen LogP contribution in [-0.4, -0.2) is 64.9 Å². The number of nitrogens with one attached hydrogen (secondary N) is 2. The molecule has 0 radical (unpaired) electrons. The zero-order chi connectivity index (χ0) is 25.0. The highest BCUT2D eigenvalue weighted by molar-refractivity contribution is 5.88. The number of rotatable bonds is 6. The number of hydrogen-bond donors (Lipinski definition) is 4. The average molecular weight is 490 g/mol. The lowest BCUT2D eigenvalue weighted by Crippen LogP contribution is -2.41. The van der Waals surface area contributed by atoms with Crippen molar-refractivity contribution in [1.82, 2.24) is 34.8 Å². The molecule has 4 heterocycles. The molecule has 4 aromatic heterocycles. The molecule has 36 heavy (non-hydrogen) atoms. The van der Waals surface area contributed by atoms with Gasteiger partial charge in [0.25, 0.3) is 0 Å². The van der Waals surface area contributed by atoms with E-state index in [0.29, 0.717) is 35.5 Å². The number of carbonyl (C=O) groups excluding carboxylic acids is 1. The molecule has 6 rings (SSSR count). The summed E-state index contributed by atoms with van der Waals surface area (Å²) in [5, 5.41) is 27.6. The van der Waals surface area contributed by atoms with E-state index in [0.717, 1.165) is 11.9 Å². The molecule has 0 aromatic carbocycles. The van der Waals surface area contributed by atoms with Crippen molar-refractivity contribution in [2.75, 3.05) is 12.4 Å². The zero-order valence-corrected chi connectivity index (χ0v) is 19.2. The number of aliphatic hydroxyl groups is 2. The summed E-state index contributed by atoms with van der Waals surface area (Å²) in [6.07, 6.45) is 3.78. The third kappa shape index (κ3) is 3.33. The summed E-state index contributed by atoms with van der Waals surface area (Å²) < 4.78 is 15.6. The highest BCUT2D eigenvalue weighted by Crippen LogP contribution is 2.67. The number of anilines is 1. The molecule has 5 atom stereocenters. The van der Waals surface area contributed by atoms with Gasteiger partial charge in [-0.15, -0.1) is 0 Å². The lowest BCUT2D eigenvalue weighted by Gasteiger charge is -2.23. The topological polar surface area (TPSA) is 151 Å². The van der Waals surface area contributed by atoms with E-state index in [1.54, 1.807) is 10.8 Å². The summed E-state index contributed by atoms with van der Waals surface area (Å²) in [7, 11) is 1.51. The fourth-order valence-corrected chi connectivity index (χ4v) is 5.38. The van der Waals surface area contributed by atoms with E-state index in [4.69, 9.17) is 0 Å². The van der Waals surface area contributed by atoms with Crippen LogP contribution in [0, 0.1) is 17.2 Å². The summed E-state index contributed by atoms with van der Waals surface area (Å²) in [6, 6.07) is 6.21. The maximum atomic E-state index is 13.9. The molecule has 2 aliphatic carbocycles. The monoisotopic (exact) mass is 490 g/mol. The zero-order valence-electron chi connectivity index (χ0n) is 19.2. The van der Waals surface area contributed by atoms with Crippen LogP contribution in [-0.2, 0) is 11.3 Å². The Morgan fingerprint density at radius 1 is 1.25 bits per heavy atom. The fourth-order valence-electron chi connectivity index (χ4n) is 5.38. The lowest BCUT2D eigenvalue weighted by atomic mass is 9.98. The van der Waals surface area contributed by atoms with Gasteiger partial charge in [-0.3, -0.25) is 14.8 Å². The van der Waals surface area contributed by atoms with Crippen LogP contribution in [0.1, 0.15) is 18.2 Å². The number of aromatic nitrogens is 6. The number of hydrogen-bond acceptors (Lipinski definition) is 9. The SMILES string of the molecule is CNC(=O)[C@]12C[C@@H]1C(n1cnc3c(NCc4ccccn4)nc(-c4cncc(F)c4)nc31)[C@H](O)[C@@H]2O. The lowest BCUT2D eigenvalue weighted by molar-refractivity contribution is -0.132. The molecular weight excluding hydrogens is 467 g/mol. The number of halogens is 1. The van der Waals surface area contributed by atoms with Crippen LogP contribution >= 0.6 is 0 Å². The van der Waals surface area contributed by atoms with Gasteiger partial charge in [-0.05, 0) is 24.6 Å². The van der Waals surface area contributed by atoms with Gasteiger partial charge in [-0.1, -0.05) is 6.07 Å². The molecule has 2 fully saturated rings. The van der Waals surface area contributed by atoms with Crippen molar-refractivity contribution in [2.45, 2.75) is 31.2 Å². The van der Waals surface area contributed by atoms with Crippen molar-refractivity contribution in [3.05, 3.63) is 60.7 Å². The molecule has 184 valence electrons. The number of nitrogens with zero attached hydrogens (tertiary/aromatic N) is 6. The van der Waals surface area contributed by atoms with E-state index in [9.17, 15) is 19.4 Å². The van der Waals surface area contributed by atoms with Crippen LogP contribution in [0.25, 0.3) is 22.6 Å². The van der Waals surface area contributed by atoms with Crippen molar-refractivity contribution in [2.24, 2.45) is 11.3 Å². The van der Waals surface area contributed by atoms with Crippen LogP contribution in [0.15, 0.2) is 49.2 Å². The van der Waals surface area contributed by atoms with Gasteiger partial charge in [0.15, 0.2) is 17.3 Å². The quantitative estimate of drug-likeness (QED) is 0.311. The first-order chi connectivity index (χ1) is 17.4. The van der Waals surface area contributed by atoms with Gasteiger partial charge in [0.2, 0.25) is 5.91 Å². The van der Waals surface area contributed by atoms with E-state index in [-0.39, 0.29) is 17.6 Å². The Morgan fingerprint density at radius 3 is 2.86 bits per heavy atom. The molecule has 0 bridgehead atoms. The van der Waals surface area contributed by atoms with E-state index < -0.39 is 29.5 Å². The highest BCUT2D eigenvalue weighted by atomic mass is 19.1. The minimum absolute atomic E-state index is 0.209. The summed E-state index contributed by atoms with van der Waals surface area (Å²) in [4.78, 5) is 34.5. The van der Waals surface area contributed by atoms with Gasteiger partial charge in [-0.25, -0.2) is 19.3 Å². The number of imidazole rings is 1. The van der Waals surface area contributed by atoms with Crippen molar-refractivity contribution in [3.63, 3.8) is 0 Å². The molecule has 11 nitrogen and oxygen atoms in total. The molecule has 1 amide bonds. The van der Waals surface area contributed by atoms with Crippen LogP contribution in [0.2, 0.25) is 0 Å². The van der Waals surface area contributed by atoms with Crippen molar-refractivity contribution in [1.29, 1.82) is 0 Å². The van der Waals surface area contributed by atoms with Crippen LogP contribution < -0.4 is 10.6 Å². The standard InChI is InChI=1S/C24H23FN8O3/c1-26-23(36)24-7-15(24)17(18(34)19(24)35)33-11-30-16-21(29-10-14-4-2-3-5-28-14)31-20(32-22(16)33)12-6-13(25)9-27-8-12/h2-6,8-9,11,15,17-19,34-35H,7,10H2,1H3,(H,26,36)(H,29,31,32)/t15-,17?,18+,19+,24-/m1/s1. The number of fused-ring (bicyclic) bond motifs is 2. The van der Waals surface area contributed by atoms with Crippen molar-refractivity contribution in [3.8, 4) is 11.4 Å². The summed E-state index contributed by atoms with van der Waals surface area (Å²) in [5.41, 5.74) is 0.907. The molecule has 0 aliphatic heterocycles. The van der Waals surface area contributed by atoms with Crippen LogP contribution in [0.5, 0.6) is 0 Å². The Hall–Kier alpha value is -4.03. The maximum Gasteiger partial charge on any atom is 0.229 e. The van der Waals surface area contributed by atoms with Gasteiger partial charge in [-0.2, -0.15) is 0 Å². The smallest absolute Gasteiger partial charge is 0.229 e. The summed E-state index contributed by atoms with van der Waals surface area (Å²) >= 11 is 0. The fraction of sp³-hybridized carbons (Fsp3) is 0.333. The molecule has 12 heteroatoms. The number of aliphatic hydroxyl groups excluding tert-OH is 2. The molecule has 2 aliphatic rings. The number of pyridine rings is 2. The molecule has 1 unspecified atom stereocenters. The Labute approximate surface area is 204 Å². The van der Waals surface area contributed by atoms with Crippen molar-refractivity contribution >= 4 is 22.9 Å². The minimum atomic E-state index is -1.22. The molecule has 2 saturated carbocycles. The summed E-state index contributed by atoms with van der Waals surface area (Å²) in [5.74, 6) is -0.523. The Morgan fingerprint density at radius 2 is 2.11 bits per heavy atom. The van der Waals surface area contributed by atoms with E-state index in [1.165, 1.54) is 25.6 Å². The van der Waals surface area contributed by atoms with E-state index in [2.05, 4.69) is 35.6 Å². The van der Waals surface area contributed by atoms with Crippen LogP contribution in [0.4, 0.5) is 10.2 Å². The maximum absolute atomic E-state index is 13.9. The molecule has 0 saturated heterocycles. The molecule has 4 N–H and O–H groups in total. The summed E-state index contributed by atoms with van der Waals surface area (Å²) in [6.45, 7) is 0.355. The number of amides is 1. The molecule has 0 spiro atoms.